The van der Waals surface area contributed by atoms with E-state index in [1.807, 2.05) is 11.8 Å². The van der Waals surface area contributed by atoms with Crippen LogP contribution in [0.1, 0.15) is 19.8 Å². The Bertz CT molecular complexity index is 115. The van der Waals surface area contributed by atoms with Crippen molar-refractivity contribution in [3.05, 3.63) is 0 Å². The lowest BCUT2D eigenvalue weighted by molar-refractivity contribution is 0.0762. The molecule has 0 aromatic heterocycles. The van der Waals surface area contributed by atoms with Crippen molar-refractivity contribution in [2.24, 2.45) is 0 Å². The standard InChI is InChI=1S/C9H19NOS/c1-8(7-12-2)10-9-3-5-11-6-4-9/h8-10H,3-7H2,1-2H3. The van der Waals surface area contributed by atoms with Gasteiger partial charge in [-0.1, -0.05) is 0 Å². The lowest BCUT2D eigenvalue weighted by Crippen LogP contribution is -2.41. The molecule has 72 valence electrons. The highest BCUT2D eigenvalue weighted by atomic mass is 32.2. The highest BCUT2D eigenvalue weighted by Gasteiger charge is 2.14. The zero-order valence-corrected chi connectivity index (χ0v) is 8.82. The van der Waals surface area contributed by atoms with Crippen molar-refractivity contribution in [2.75, 3.05) is 25.2 Å². The summed E-state index contributed by atoms with van der Waals surface area (Å²) in [6.07, 6.45) is 4.51. The quantitative estimate of drug-likeness (QED) is 0.724. The largest absolute Gasteiger partial charge is 0.381 e. The van der Waals surface area contributed by atoms with Gasteiger partial charge in [-0.15, -0.1) is 0 Å². The average molecular weight is 189 g/mol. The molecule has 0 aromatic carbocycles. The Morgan fingerprint density at radius 3 is 2.75 bits per heavy atom. The van der Waals surface area contributed by atoms with Crippen molar-refractivity contribution >= 4 is 11.8 Å². The molecule has 1 N–H and O–H groups in total. The minimum absolute atomic E-state index is 0.642. The van der Waals surface area contributed by atoms with Gasteiger partial charge in [0.2, 0.25) is 0 Å². The molecule has 1 saturated heterocycles. The fourth-order valence-electron chi connectivity index (χ4n) is 1.56. The van der Waals surface area contributed by atoms with E-state index < -0.39 is 0 Å². The van der Waals surface area contributed by atoms with Crippen LogP contribution in [-0.2, 0) is 4.74 Å². The van der Waals surface area contributed by atoms with E-state index >= 15 is 0 Å². The molecule has 0 radical (unpaired) electrons. The van der Waals surface area contributed by atoms with E-state index in [4.69, 9.17) is 4.74 Å². The summed E-state index contributed by atoms with van der Waals surface area (Å²) in [5.41, 5.74) is 0. The summed E-state index contributed by atoms with van der Waals surface area (Å²) in [6, 6.07) is 1.34. The van der Waals surface area contributed by atoms with Gasteiger partial charge in [-0.3, -0.25) is 0 Å². The van der Waals surface area contributed by atoms with Gasteiger partial charge >= 0.3 is 0 Å². The molecule has 1 unspecified atom stereocenters. The summed E-state index contributed by atoms with van der Waals surface area (Å²) < 4.78 is 5.30. The lowest BCUT2D eigenvalue weighted by atomic mass is 10.1. The number of ether oxygens (including phenoxy) is 1. The Labute approximate surface area is 79.4 Å². The lowest BCUT2D eigenvalue weighted by Gasteiger charge is -2.26. The molecule has 1 fully saturated rings. The second kappa shape index (κ2) is 5.84. The number of hydrogen-bond donors (Lipinski definition) is 1. The Morgan fingerprint density at radius 1 is 1.50 bits per heavy atom. The topological polar surface area (TPSA) is 21.3 Å². The monoisotopic (exact) mass is 189 g/mol. The van der Waals surface area contributed by atoms with Crippen LogP contribution in [0.4, 0.5) is 0 Å². The van der Waals surface area contributed by atoms with Crippen LogP contribution in [0.3, 0.4) is 0 Å². The van der Waals surface area contributed by atoms with E-state index in [9.17, 15) is 0 Å². The van der Waals surface area contributed by atoms with Gasteiger partial charge in [-0.05, 0) is 26.0 Å². The third kappa shape index (κ3) is 3.78. The molecule has 12 heavy (non-hydrogen) atoms. The van der Waals surface area contributed by atoms with E-state index in [1.165, 1.54) is 18.6 Å². The first kappa shape index (κ1) is 10.4. The molecule has 0 saturated carbocycles. The Balaban J connectivity index is 2.11. The molecule has 0 amide bonds. The molecular weight excluding hydrogens is 170 g/mol. The van der Waals surface area contributed by atoms with Crippen molar-refractivity contribution < 1.29 is 4.74 Å². The maximum atomic E-state index is 5.30. The minimum Gasteiger partial charge on any atom is -0.381 e. The predicted molar refractivity (Wildman–Crippen MR) is 54.8 cm³/mol. The highest BCUT2D eigenvalue weighted by Crippen LogP contribution is 2.08. The van der Waals surface area contributed by atoms with Crippen LogP contribution in [0.25, 0.3) is 0 Å². The van der Waals surface area contributed by atoms with E-state index in [2.05, 4.69) is 18.5 Å². The van der Waals surface area contributed by atoms with Crippen molar-refractivity contribution in [2.45, 2.75) is 31.8 Å². The van der Waals surface area contributed by atoms with Crippen LogP contribution in [0.5, 0.6) is 0 Å². The van der Waals surface area contributed by atoms with Gasteiger partial charge in [0.05, 0.1) is 0 Å². The molecule has 1 heterocycles. The fraction of sp³-hybridized carbons (Fsp3) is 1.00. The van der Waals surface area contributed by atoms with E-state index in [0.717, 1.165) is 13.2 Å². The van der Waals surface area contributed by atoms with Gasteiger partial charge in [0.15, 0.2) is 0 Å². The molecule has 1 aliphatic heterocycles. The summed E-state index contributed by atoms with van der Waals surface area (Å²) in [4.78, 5) is 0. The summed E-state index contributed by atoms with van der Waals surface area (Å²) in [6.45, 7) is 4.12. The van der Waals surface area contributed by atoms with E-state index in [-0.39, 0.29) is 0 Å². The smallest absolute Gasteiger partial charge is 0.0480 e. The summed E-state index contributed by atoms with van der Waals surface area (Å²) >= 11 is 1.90. The maximum Gasteiger partial charge on any atom is 0.0480 e. The van der Waals surface area contributed by atoms with Crippen LogP contribution in [0.15, 0.2) is 0 Å². The SMILES string of the molecule is CSCC(C)NC1CCOCC1. The number of hydrogen-bond acceptors (Lipinski definition) is 3. The number of rotatable bonds is 4. The first-order valence-corrected chi connectivity index (χ1v) is 6.05. The maximum absolute atomic E-state index is 5.30. The van der Waals surface area contributed by atoms with Gasteiger partial charge in [0, 0.05) is 31.1 Å². The molecule has 0 spiro atoms. The second-order valence-corrected chi connectivity index (χ2v) is 4.32. The van der Waals surface area contributed by atoms with Gasteiger partial charge in [0.25, 0.3) is 0 Å². The summed E-state index contributed by atoms with van der Waals surface area (Å²) in [5, 5.41) is 3.62. The van der Waals surface area contributed by atoms with Crippen molar-refractivity contribution in [1.82, 2.24) is 5.32 Å². The van der Waals surface area contributed by atoms with Crippen molar-refractivity contribution in [1.29, 1.82) is 0 Å². The number of thioether (sulfide) groups is 1. The van der Waals surface area contributed by atoms with Gasteiger partial charge in [0.1, 0.15) is 0 Å². The zero-order chi connectivity index (χ0) is 8.81. The first-order chi connectivity index (χ1) is 5.83. The Kier molecular flexibility index (Phi) is 5.04. The molecular formula is C9H19NOS. The third-order valence-corrected chi connectivity index (χ3v) is 2.99. The predicted octanol–water partition coefficient (Wildman–Crippen LogP) is 1.51. The van der Waals surface area contributed by atoms with Crippen LogP contribution >= 0.6 is 11.8 Å². The summed E-state index contributed by atoms with van der Waals surface area (Å²) in [5.74, 6) is 1.21. The molecule has 3 heteroatoms. The molecule has 2 nitrogen and oxygen atoms in total. The van der Waals surface area contributed by atoms with Crippen molar-refractivity contribution in [3.8, 4) is 0 Å². The van der Waals surface area contributed by atoms with Gasteiger partial charge in [-0.25, -0.2) is 0 Å². The van der Waals surface area contributed by atoms with Gasteiger partial charge in [-0.2, -0.15) is 11.8 Å². The molecule has 1 atom stereocenters. The highest BCUT2D eigenvalue weighted by molar-refractivity contribution is 7.98. The Hall–Kier alpha value is 0.270. The summed E-state index contributed by atoms with van der Waals surface area (Å²) in [7, 11) is 0. The van der Waals surface area contributed by atoms with Crippen LogP contribution in [0.2, 0.25) is 0 Å². The van der Waals surface area contributed by atoms with Crippen molar-refractivity contribution in [3.63, 3.8) is 0 Å². The van der Waals surface area contributed by atoms with Crippen LogP contribution in [-0.4, -0.2) is 37.3 Å². The molecule has 1 aliphatic rings. The zero-order valence-electron chi connectivity index (χ0n) is 8.01. The van der Waals surface area contributed by atoms with E-state index in [0.29, 0.717) is 12.1 Å². The number of nitrogens with one attached hydrogen (secondary N) is 1. The molecule has 1 rings (SSSR count). The molecule has 0 bridgehead atoms. The minimum atomic E-state index is 0.642. The van der Waals surface area contributed by atoms with Crippen LogP contribution < -0.4 is 5.32 Å². The molecule has 0 aliphatic carbocycles. The molecule has 0 aromatic rings. The van der Waals surface area contributed by atoms with Gasteiger partial charge < -0.3 is 10.1 Å². The second-order valence-electron chi connectivity index (χ2n) is 3.41. The average Bonchev–Trinajstić information content (AvgIpc) is 2.06. The fourth-order valence-corrected chi connectivity index (χ4v) is 2.16. The third-order valence-electron chi connectivity index (χ3n) is 2.16. The van der Waals surface area contributed by atoms with E-state index in [1.54, 1.807) is 0 Å². The Morgan fingerprint density at radius 2 is 2.17 bits per heavy atom. The normalized spacial score (nSPS) is 22.5. The van der Waals surface area contributed by atoms with Crippen LogP contribution in [0, 0.1) is 0 Å². The first-order valence-electron chi connectivity index (χ1n) is 4.65.